The Morgan fingerprint density at radius 3 is 2.75 bits per heavy atom. The number of aromatic nitrogens is 1. The molecule has 0 aliphatic rings. The van der Waals surface area contributed by atoms with Gasteiger partial charge in [-0.1, -0.05) is 23.7 Å². The van der Waals surface area contributed by atoms with Crippen molar-refractivity contribution in [3.05, 3.63) is 34.5 Å². The molecule has 1 aromatic heterocycles. The van der Waals surface area contributed by atoms with E-state index in [2.05, 4.69) is 30.1 Å². The van der Waals surface area contributed by atoms with E-state index in [9.17, 15) is 0 Å². The second-order valence-electron chi connectivity index (χ2n) is 3.11. The van der Waals surface area contributed by atoms with Gasteiger partial charge in [-0.2, -0.15) is 0 Å². The van der Waals surface area contributed by atoms with Crippen molar-refractivity contribution in [1.82, 2.24) is 4.98 Å². The van der Waals surface area contributed by atoms with Crippen LogP contribution >= 0.6 is 11.6 Å². The summed E-state index contributed by atoms with van der Waals surface area (Å²) < 4.78 is 0. The molecule has 0 bridgehead atoms. The van der Waals surface area contributed by atoms with Crippen LogP contribution in [0, 0.1) is 13.8 Å². The van der Waals surface area contributed by atoms with Crippen LogP contribution in [-0.2, 0) is 0 Å². The van der Waals surface area contributed by atoms with Crippen LogP contribution in [0.25, 0.3) is 10.9 Å². The monoisotopic (exact) mass is 179 g/mol. The lowest BCUT2D eigenvalue weighted by molar-refractivity contribution is 1.30. The van der Waals surface area contributed by atoms with Crippen LogP contribution in [-0.4, -0.2) is 4.98 Å². The number of hydrogen-bond acceptors (Lipinski definition) is 0. The molecule has 1 N–H and O–H groups in total. The highest BCUT2D eigenvalue weighted by Gasteiger charge is 2.04. The van der Waals surface area contributed by atoms with Crippen molar-refractivity contribution in [3.8, 4) is 0 Å². The number of H-pyrrole nitrogens is 1. The summed E-state index contributed by atoms with van der Waals surface area (Å²) in [5.74, 6) is 0. The van der Waals surface area contributed by atoms with Crippen molar-refractivity contribution in [2.24, 2.45) is 0 Å². The van der Waals surface area contributed by atoms with E-state index in [1.807, 2.05) is 6.92 Å². The number of fused-ring (bicyclic) bond motifs is 1. The van der Waals surface area contributed by atoms with E-state index in [-0.39, 0.29) is 0 Å². The Morgan fingerprint density at radius 1 is 1.25 bits per heavy atom. The van der Waals surface area contributed by atoms with Crippen LogP contribution in [0.4, 0.5) is 0 Å². The summed E-state index contributed by atoms with van der Waals surface area (Å²) in [6.45, 7) is 4.06. The minimum absolute atomic E-state index is 0.838. The molecular formula is C10H10ClN. The number of aromatic amines is 1. The van der Waals surface area contributed by atoms with Crippen LogP contribution in [0.15, 0.2) is 18.2 Å². The van der Waals surface area contributed by atoms with Gasteiger partial charge in [-0.15, -0.1) is 0 Å². The maximum atomic E-state index is 6.06. The van der Waals surface area contributed by atoms with E-state index in [0.717, 1.165) is 21.6 Å². The largest absolute Gasteiger partial charge is 0.357 e. The van der Waals surface area contributed by atoms with Crippen LogP contribution in [0.2, 0.25) is 5.02 Å². The highest BCUT2D eigenvalue weighted by molar-refractivity contribution is 6.36. The van der Waals surface area contributed by atoms with E-state index < -0.39 is 0 Å². The van der Waals surface area contributed by atoms with E-state index in [1.54, 1.807) is 0 Å². The molecule has 0 aliphatic heterocycles. The molecule has 0 atom stereocenters. The standard InChI is InChI=1S/C10H10ClN/c1-6-3-4-8-9(5-6)12-7(2)10(8)11/h3-5,12H,1-2H3. The Morgan fingerprint density at radius 2 is 2.00 bits per heavy atom. The lowest BCUT2D eigenvalue weighted by atomic mass is 10.2. The first kappa shape index (κ1) is 7.69. The molecule has 0 saturated carbocycles. The Kier molecular flexibility index (Phi) is 1.62. The summed E-state index contributed by atoms with van der Waals surface area (Å²) in [5, 5.41) is 1.95. The van der Waals surface area contributed by atoms with Gasteiger partial charge in [-0.25, -0.2) is 0 Å². The van der Waals surface area contributed by atoms with E-state index in [1.165, 1.54) is 5.56 Å². The Labute approximate surface area is 76.4 Å². The number of nitrogens with one attached hydrogen (secondary N) is 1. The minimum Gasteiger partial charge on any atom is -0.357 e. The fourth-order valence-electron chi connectivity index (χ4n) is 1.41. The van der Waals surface area contributed by atoms with Crippen LogP contribution in [0.3, 0.4) is 0 Å². The predicted molar refractivity (Wildman–Crippen MR) is 52.8 cm³/mol. The third-order valence-electron chi connectivity index (χ3n) is 2.06. The molecule has 0 fully saturated rings. The maximum absolute atomic E-state index is 6.06. The van der Waals surface area contributed by atoms with Crippen molar-refractivity contribution >= 4 is 22.5 Å². The van der Waals surface area contributed by atoms with Crippen molar-refractivity contribution < 1.29 is 0 Å². The molecule has 2 aromatic rings. The highest BCUT2D eigenvalue weighted by Crippen LogP contribution is 2.26. The number of hydrogen-bond donors (Lipinski definition) is 1. The third-order valence-corrected chi connectivity index (χ3v) is 2.55. The van der Waals surface area contributed by atoms with Crippen molar-refractivity contribution in [1.29, 1.82) is 0 Å². The predicted octanol–water partition coefficient (Wildman–Crippen LogP) is 3.44. The third kappa shape index (κ3) is 1.01. The zero-order chi connectivity index (χ0) is 8.72. The van der Waals surface area contributed by atoms with Gasteiger partial charge in [-0.05, 0) is 25.5 Å². The normalized spacial score (nSPS) is 10.9. The Balaban J connectivity index is 2.87. The fraction of sp³-hybridized carbons (Fsp3) is 0.200. The molecule has 0 radical (unpaired) electrons. The summed E-state index contributed by atoms with van der Waals surface area (Å²) in [4.78, 5) is 3.24. The first-order chi connectivity index (χ1) is 5.68. The average Bonchev–Trinajstić information content (AvgIpc) is 2.28. The van der Waals surface area contributed by atoms with Gasteiger partial charge < -0.3 is 4.98 Å². The number of benzene rings is 1. The summed E-state index contributed by atoms with van der Waals surface area (Å²) >= 11 is 6.06. The second-order valence-corrected chi connectivity index (χ2v) is 3.49. The fourth-order valence-corrected chi connectivity index (χ4v) is 1.62. The summed E-state index contributed by atoms with van der Waals surface area (Å²) in [6, 6.07) is 6.23. The van der Waals surface area contributed by atoms with Crippen molar-refractivity contribution in [2.45, 2.75) is 13.8 Å². The van der Waals surface area contributed by atoms with E-state index in [0.29, 0.717) is 0 Å². The molecule has 1 aromatic carbocycles. The zero-order valence-electron chi connectivity index (χ0n) is 7.11. The minimum atomic E-state index is 0.838. The van der Waals surface area contributed by atoms with Gasteiger partial charge in [0.15, 0.2) is 0 Å². The molecule has 0 unspecified atom stereocenters. The van der Waals surface area contributed by atoms with Crippen LogP contribution < -0.4 is 0 Å². The first-order valence-corrected chi connectivity index (χ1v) is 4.30. The van der Waals surface area contributed by atoms with Crippen LogP contribution in [0.1, 0.15) is 11.3 Å². The molecular weight excluding hydrogens is 170 g/mol. The molecule has 1 nitrogen and oxygen atoms in total. The topological polar surface area (TPSA) is 15.8 Å². The maximum Gasteiger partial charge on any atom is 0.0688 e. The van der Waals surface area contributed by atoms with E-state index >= 15 is 0 Å². The van der Waals surface area contributed by atoms with Gasteiger partial charge in [0, 0.05) is 16.6 Å². The summed E-state index contributed by atoms with van der Waals surface area (Å²) in [5.41, 5.74) is 3.41. The van der Waals surface area contributed by atoms with Gasteiger partial charge in [0.05, 0.1) is 5.02 Å². The quantitative estimate of drug-likeness (QED) is 0.638. The van der Waals surface area contributed by atoms with E-state index in [4.69, 9.17) is 11.6 Å². The van der Waals surface area contributed by atoms with Crippen LogP contribution in [0.5, 0.6) is 0 Å². The van der Waals surface area contributed by atoms with Gasteiger partial charge in [0.2, 0.25) is 0 Å². The number of aryl methyl sites for hydroxylation is 2. The molecule has 12 heavy (non-hydrogen) atoms. The Hall–Kier alpha value is -0.950. The second kappa shape index (κ2) is 2.53. The lowest BCUT2D eigenvalue weighted by Gasteiger charge is -1.91. The van der Waals surface area contributed by atoms with Gasteiger partial charge in [0.25, 0.3) is 0 Å². The molecule has 0 saturated heterocycles. The number of halogens is 1. The Bertz CT molecular complexity index is 429. The molecule has 62 valence electrons. The molecule has 0 aliphatic carbocycles. The molecule has 0 amide bonds. The molecule has 1 heterocycles. The molecule has 2 heteroatoms. The zero-order valence-corrected chi connectivity index (χ0v) is 7.87. The number of rotatable bonds is 0. The molecule has 0 spiro atoms. The smallest absolute Gasteiger partial charge is 0.0688 e. The molecule has 2 rings (SSSR count). The lowest BCUT2D eigenvalue weighted by Crippen LogP contribution is -1.71. The van der Waals surface area contributed by atoms with Gasteiger partial charge >= 0.3 is 0 Å². The summed E-state index contributed by atoms with van der Waals surface area (Å²) in [7, 11) is 0. The van der Waals surface area contributed by atoms with Gasteiger partial charge in [-0.3, -0.25) is 0 Å². The van der Waals surface area contributed by atoms with Crippen molar-refractivity contribution in [2.75, 3.05) is 0 Å². The summed E-state index contributed by atoms with van der Waals surface area (Å²) in [6.07, 6.45) is 0. The average molecular weight is 180 g/mol. The van der Waals surface area contributed by atoms with Crippen molar-refractivity contribution in [3.63, 3.8) is 0 Å². The first-order valence-electron chi connectivity index (χ1n) is 3.93. The SMILES string of the molecule is Cc1ccc2c(Cl)c(C)[nH]c2c1. The van der Waals surface area contributed by atoms with Gasteiger partial charge in [0.1, 0.15) is 0 Å². The highest BCUT2D eigenvalue weighted by atomic mass is 35.5.